The Labute approximate surface area is 55.6 Å². The molecule has 9 heavy (non-hydrogen) atoms. The summed E-state index contributed by atoms with van der Waals surface area (Å²) in [6.07, 6.45) is 0.502. The van der Waals surface area contributed by atoms with Gasteiger partial charge in [0.25, 0.3) is 0 Å². The van der Waals surface area contributed by atoms with E-state index in [9.17, 15) is 4.79 Å². The van der Waals surface area contributed by atoms with Crippen LogP contribution < -0.4 is 0 Å². The van der Waals surface area contributed by atoms with E-state index in [-0.39, 0.29) is 5.91 Å². The Balaban J connectivity index is 3.64. The second-order valence-corrected chi connectivity index (χ2v) is 1.62. The van der Waals surface area contributed by atoms with Gasteiger partial charge in [-0.15, -0.1) is 0 Å². The van der Waals surface area contributed by atoms with Gasteiger partial charge in [0, 0.05) is 13.0 Å². The minimum absolute atomic E-state index is 0.0278. The SMILES string of the molecule is CCC(=O)N(CC)OC. The van der Waals surface area contributed by atoms with Crippen LogP contribution in [0.15, 0.2) is 0 Å². The Morgan fingerprint density at radius 2 is 2.11 bits per heavy atom. The van der Waals surface area contributed by atoms with Gasteiger partial charge in [-0.1, -0.05) is 6.92 Å². The van der Waals surface area contributed by atoms with E-state index in [1.807, 2.05) is 13.8 Å². The van der Waals surface area contributed by atoms with E-state index < -0.39 is 0 Å². The molecule has 0 fully saturated rings. The van der Waals surface area contributed by atoms with Gasteiger partial charge in [0.1, 0.15) is 0 Å². The van der Waals surface area contributed by atoms with E-state index in [1.54, 1.807) is 0 Å². The molecule has 54 valence electrons. The maximum absolute atomic E-state index is 10.8. The Morgan fingerprint density at radius 1 is 1.56 bits per heavy atom. The third kappa shape index (κ3) is 2.46. The maximum Gasteiger partial charge on any atom is 0.245 e. The van der Waals surface area contributed by atoms with Crippen LogP contribution in [-0.2, 0) is 9.63 Å². The van der Waals surface area contributed by atoms with Gasteiger partial charge in [-0.05, 0) is 6.92 Å². The molecule has 0 saturated heterocycles. The lowest BCUT2D eigenvalue weighted by Gasteiger charge is -2.15. The monoisotopic (exact) mass is 131 g/mol. The predicted molar refractivity (Wildman–Crippen MR) is 34.7 cm³/mol. The van der Waals surface area contributed by atoms with Crippen molar-refractivity contribution in [3.05, 3.63) is 0 Å². The minimum Gasteiger partial charge on any atom is -0.274 e. The second kappa shape index (κ2) is 4.32. The van der Waals surface area contributed by atoms with Crippen molar-refractivity contribution in [2.45, 2.75) is 20.3 Å². The van der Waals surface area contributed by atoms with Crippen molar-refractivity contribution in [3.63, 3.8) is 0 Å². The number of rotatable bonds is 3. The summed E-state index contributed by atoms with van der Waals surface area (Å²) in [4.78, 5) is 15.5. The highest BCUT2D eigenvalue weighted by Crippen LogP contribution is 1.91. The molecule has 0 aliphatic carbocycles. The molecular weight excluding hydrogens is 118 g/mol. The zero-order valence-electron chi connectivity index (χ0n) is 6.18. The number of carbonyl (C=O) groups excluding carboxylic acids is 1. The van der Waals surface area contributed by atoms with Gasteiger partial charge >= 0.3 is 0 Å². The van der Waals surface area contributed by atoms with Crippen molar-refractivity contribution >= 4 is 5.91 Å². The van der Waals surface area contributed by atoms with Crippen LogP contribution >= 0.6 is 0 Å². The summed E-state index contributed by atoms with van der Waals surface area (Å²) in [5, 5.41) is 1.33. The van der Waals surface area contributed by atoms with Crippen LogP contribution in [0.4, 0.5) is 0 Å². The summed E-state index contributed by atoms with van der Waals surface area (Å²) in [5.74, 6) is 0.0278. The van der Waals surface area contributed by atoms with E-state index in [2.05, 4.69) is 0 Å². The Hall–Kier alpha value is -0.570. The summed E-state index contributed by atoms with van der Waals surface area (Å²) < 4.78 is 0. The summed E-state index contributed by atoms with van der Waals surface area (Å²) in [5.41, 5.74) is 0. The molecule has 0 aliphatic heterocycles. The highest BCUT2D eigenvalue weighted by Gasteiger charge is 2.05. The molecule has 0 aromatic heterocycles. The molecule has 0 radical (unpaired) electrons. The van der Waals surface area contributed by atoms with Gasteiger partial charge in [0.2, 0.25) is 5.91 Å². The van der Waals surface area contributed by atoms with Crippen molar-refractivity contribution in [1.82, 2.24) is 5.06 Å². The van der Waals surface area contributed by atoms with E-state index in [0.717, 1.165) is 0 Å². The zero-order valence-corrected chi connectivity index (χ0v) is 6.18. The average Bonchev–Trinajstić information content (AvgIpc) is 1.90. The van der Waals surface area contributed by atoms with Crippen molar-refractivity contribution in [3.8, 4) is 0 Å². The number of amides is 1. The fourth-order valence-corrected chi connectivity index (χ4v) is 0.584. The lowest BCUT2D eigenvalue weighted by molar-refractivity contribution is -0.174. The highest BCUT2D eigenvalue weighted by molar-refractivity contribution is 5.74. The van der Waals surface area contributed by atoms with Gasteiger partial charge in [0.15, 0.2) is 0 Å². The molecule has 0 aromatic carbocycles. The molecule has 1 amide bonds. The van der Waals surface area contributed by atoms with E-state index in [4.69, 9.17) is 4.84 Å². The molecular formula is C6H13NO2. The fraction of sp³-hybridized carbons (Fsp3) is 0.833. The van der Waals surface area contributed by atoms with Crippen LogP contribution in [0.2, 0.25) is 0 Å². The van der Waals surface area contributed by atoms with E-state index in [1.165, 1.54) is 12.2 Å². The Kier molecular flexibility index (Phi) is 4.05. The molecule has 0 aliphatic rings. The highest BCUT2D eigenvalue weighted by atomic mass is 16.7. The first-order valence-electron chi connectivity index (χ1n) is 3.10. The lowest BCUT2D eigenvalue weighted by Crippen LogP contribution is -2.28. The average molecular weight is 131 g/mol. The first-order chi connectivity index (χ1) is 4.26. The molecule has 3 nitrogen and oxygen atoms in total. The summed E-state index contributed by atoms with van der Waals surface area (Å²) >= 11 is 0. The molecule has 0 spiro atoms. The lowest BCUT2D eigenvalue weighted by atomic mass is 10.4. The molecule has 0 rings (SSSR count). The quantitative estimate of drug-likeness (QED) is 0.530. The smallest absolute Gasteiger partial charge is 0.245 e. The van der Waals surface area contributed by atoms with Crippen LogP contribution in [0.1, 0.15) is 20.3 Å². The van der Waals surface area contributed by atoms with Gasteiger partial charge in [0.05, 0.1) is 7.11 Å². The Bertz CT molecular complexity index is 89.1. The fourth-order valence-electron chi connectivity index (χ4n) is 0.584. The molecule has 0 atom stereocenters. The van der Waals surface area contributed by atoms with Crippen molar-refractivity contribution < 1.29 is 9.63 Å². The predicted octanol–water partition coefficient (Wildman–Crippen LogP) is 0.806. The third-order valence-electron chi connectivity index (χ3n) is 1.09. The van der Waals surface area contributed by atoms with Crippen LogP contribution in [-0.4, -0.2) is 24.6 Å². The number of nitrogens with zero attached hydrogens (tertiary/aromatic N) is 1. The molecule has 0 heterocycles. The van der Waals surface area contributed by atoms with Gasteiger partial charge in [-0.2, -0.15) is 0 Å². The van der Waals surface area contributed by atoms with Crippen LogP contribution in [0.5, 0.6) is 0 Å². The molecule has 0 aromatic rings. The van der Waals surface area contributed by atoms with Crippen LogP contribution in [0.3, 0.4) is 0 Å². The van der Waals surface area contributed by atoms with Crippen molar-refractivity contribution in [2.24, 2.45) is 0 Å². The number of carbonyl (C=O) groups is 1. The van der Waals surface area contributed by atoms with Crippen LogP contribution in [0.25, 0.3) is 0 Å². The number of hydrogen-bond donors (Lipinski definition) is 0. The van der Waals surface area contributed by atoms with Gasteiger partial charge in [-0.3, -0.25) is 9.63 Å². The van der Waals surface area contributed by atoms with Crippen molar-refractivity contribution in [2.75, 3.05) is 13.7 Å². The largest absolute Gasteiger partial charge is 0.274 e. The van der Waals surface area contributed by atoms with Crippen LogP contribution in [0, 0.1) is 0 Å². The maximum atomic E-state index is 10.8. The molecule has 3 heteroatoms. The topological polar surface area (TPSA) is 29.5 Å². The first kappa shape index (κ1) is 8.43. The Morgan fingerprint density at radius 3 is 2.22 bits per heavy atom. The molecule has 0 saturated carbocycles. The summed E-state index contributed by atoms with van der Waals surface area (Å²) in [6, 6.07) is 0. The number of hydroxylamine groups is 2. The summed E-state index contributed by atoms with van der Waals surface area (Å²) in [7, 11) is 1.50. The van der Waals surface area contributed by atoms with Crippen molar-refractivity contribution in [1.29, 1.82) is 0 Å². The second-order valence-electron chi connectivity index (χ2n) is 1.62. The zero-order chi connectivity index (χ0) is 7.28. The standard InChI is InChI=1S/C6H13NO2/c1-4-6(8)7(5-2)9-3/h4-5H2,1-3H3. The molecule has 0 bridgehead atoms. The molecule has 0 N–H and O–H groups in total. The van der Waals surface area contributed by atoms with Gasteiger partial charge in [-0.25, -0.2) is 5.06 Å². The van der Waals surface area contributed by atoms with E-state index >= 15 is 0 Å². The van der Waals surface area contributed by atoms with Gasteiger partial charge < -0.3 is 0 Å². The van der Waals surface area contributed by atoms with E-state index in [0.29, 0.717) is 13.0 Å². The minimum atomic E-state index is 0.0278. The normalized spacial score (nSPS) is 9.22. The third-order valence-corrected chi connectivity index (χ3v) is 1.09. The number of hydrogen-bond acceptors (Lipinski definition) is 2. The molecule has 0 unspecified atom stereocenters. The summed E-state index contributed by atoms with van der Waals surface area (Å²) in [6.45, 7) is 4.30. The first-order valence-corrected chi connectivity index (χ1v) is 3.10.